The van der Waals surface area contributed by atoms with Gasteiger partial charge in [-0.05, 0) is 74.0 Å². The van der Waals surface area contributed by atoms with E-state index in [9.17, 15) is 19.2 Å². The predicted octanol–water partition coefficient (Wildman–Crippen LogP) is 4.66. The summed E-state index contributed by atoms with van der Waals surface area (Å²) in [5, 5.41) is 2.57. The van der Waals surface area contributed by atoms with Crippen LogP contribution >= 0.6 is 23.4 Å². The van der Waals surface area contributed by atoms with Gasteiger partial charge in [0.25, 0.3) is 11.1 Å². The highest BCUT2D eigenvalue weighted by Crippen LogP contribution is 2.34. The molecule has 1 aliphatic rings. The Labute approximate surface area is 217 Å². The number of carbonyl (C=O) groups excluding carboxylic acids is 4. The number of methoxy groups -OCH3 is 1. The Morgan fingerprint density at radius 3 is 2.56 bits per heavy atom. The molecule has 2 aromatic carbocycles. The Morgan fingerprint density at radius 2 is 1.89 bits per heavy atom. The number of nitrogens with one attached hydrogen (secondary N) is 1. The fourth-order valence-electron chi connectivity index (χ4n) is 3.13. The van der Waals surface area contributed by atoms with E-state index in [0.29, 0.717) is 27.8 Å². The van der Waals surface area contributed by atoms with E-state index in [4.69, 9.17) is 25.8 Å². The van der Waals surface area contributed by atoms with Crippen LogP contribution in [0, 0.1) is 6.92 Å². The number of ether oxygens (including phenoxy) is 3. The maximum atomic E-state index is 12.8. The van der Waals surface area contributed by atoms with Gasteiger partial charge in [-0.1, -0.05) is 23.7 Å². The molecule has 0 aliphatic carbocycles. The summed E-state index contributed by atoms with van der Waals surface area (Å²) in [5.74, 6) is -0.984. The number of benzene rings is 2. The summed E-state index contributed by atoms with van der Waals surface area (Å²) in [5.41, 5.74) is 1.88. The average Bonchev–Trinajstić information content (AvgIpc) is 3.07. The minimum atomic E-state index is -0.585. The second-order valence-corrected chi connectivity index (χ2v) is 9.42. The van der Waals surface area contributed by atoms with Gasteiger partial charge in [-0.3, -0.25) is 19.3 Å². The number of nitrogens with zero attached hydrogens (tertiary/aromatic N) is 1. The van der Waals surface area contributed by atoms with Gasteiger partial charge in [-0.2, -0.15) is 0 Å². The SMILES string of the molecule is COc1cc(/C=C2\SC(=O)N(CC(=O)Nc3ccc(C)c(Cl)c3)C2=O)ccc1OCC(=O)OC(C)C. The van der Waals surface area contributed by atoms with Gasteiger partial charge < -0.3 is 19.5 Å². The van der Waals surface area contributed by atoms with Crippen molar-refractivity contribution in [2.75, 3.05) is 25.6 Å². The summed E-state index contributed by atoms with van der Waals surface area (Å²) < 4.78 is 15.8. The minimum absolute atomic E-state index is 0.155. The molecule has 190 valence electrons. The number of halogens is 1. The van der Waals surface area contributed by atoms with Crippen LogP contribution in [-0.4, -0.2) is 54.3 Å². The molecule has 1 fully saturated rings. The molecule has 0 spiro atoms. The quantitative estimate of drug-likeness (QED) is 0.366. The zero-order valence-electron chi connectivity index (χ0n) is 20.1. The maximum Gasteiger partial charge on any atom is 0.344 e. The van der Waals surface area contributed by atoms with Crippen molar-refractivity contribution in [3.8, 4) is 11.5 Å². The van der Waals surface area contributed by atoms with E-state index >= 15 is 0 Å². The molecule has 0 aromatic heterocycles. The molecule has 3 rings (SSSR count). The fraction of sp³-hybridized carbons (Fsp3) is 0.280. The molecular formula is C25H25ClN2O7S. The van der Waals surface area contributed by atoms with E-state index < -0.39 is 29.6 Å². The molecule has 1 aliphatic heterocycles. The lowest BCUT2D eigenvalue weighted by Crippen LogP contribution is -2.36. The second-order valence-electron chi connectivity index (χ2n) is 8.02. The lowest BCUT2D eigenvalue weighted by molar-refractivity contribution is -0.149. The van der Waals surface area contributed by atoms with Gasteiger partial charge in [-0.15, -0.1) is 0 Å². The van der Waals surface area contributed by atoms with E-state index in [1.54, 1.807) is 50.2 Å². The highest BCUT2D eigenvalue weighted by Gasteiger charge is 2.36. The van der Waals surface area contributed by atoms with E-state index in [2.05, 4.69) is 5.32 Å². The zero-order chi connectivity index (χ0) is 26.4. The smallest absolute Gasteiger partial charge is 0.344 e. The summed E-state index contributed by atoms with van der Waals surface area (Å²) in [6, 6.07) is 9.86. The Balaban J connectivity index is 1.66. The van der Waals surface area contributed by atoms with Gasteiger partial charge in [0.2, 0.25) is 5.91 Å². The molecule has 1 heterocycles. The number of rotatable bonds is 9. The second kappa shape index (κ2) is 12.0. The molecule has 1 saturated heterocycles. The number of hydrogen-bond acceptors (Lipinski definition) is 8. The number of carbonyl (C=O) groups is 4. The van der Waals surface area contributed by atoms with E-state index in [-0.39, 0.29) is 17.6 Å². The average molecular weight is 533 g/mol. The van der Waals surface area contributed by atoms with Crippen LogP contribution in [0.25, 0.3) is 6.08 Å². The van der Waals surface area contributed by atoms with E-state index in [1.165, 1.54) is 13.2 Å². The molecule has 9 nitrogen and oxygen atoms in total. The van der Waals surface area contributed by atoms with Crippen molar-refractivity contribution in [1.82, 2.24) is 4.90 Å². The lowest BCUT2D eigenvalue weighted by atomic mass is 10.2. The lowest BCUT2D eigenvalue weighted by Gasteiger charge is -2.13. The molecule has 0 bridgehead atoms. The molecule has 3 amide bonds. The minimum Gasteiger partial charge on any atom is -0.493 e. The number of esters is 1. The normalized spacial score (nSPS) is 14.4. The first-order valence-corrected chi connectivity index (χ1v) is 12.1. The number of hydrogen-bond donors (Lipinski definition) is 1. The number of anilines is 1. The fourth-order valence-corrected chi connectivity index (χ4v) is 4.15. The van der Waals surface area contributed by atoms with Crippen molar-refractivity contribution in [1.29, 1.82) is 0 Å². The van der Waals surface area contributed by atoms with Crippen LogP contribution in [0.2, 0.25) is 5.02 Å². The third-order valence-corrected chi connectivity index (χ3v) is 6.14. The van der Waals surface area contributed by atoms with Gasteiger partial charge >= 0.3 is 5.97 Å². The van der Waals surface area contributed by atoms with Gasteiger partial charge in [-0.25, -0.2) is 4.79 Å². The molecule has 2 aromatic rings. The third-order valence-electron chi connectivity index (χ3n) is 4.83. The predicted molar refractivity (Wildman–Crippen MR) is 137 cm³/mol. The van der Waals surface area contributed by atoms with Crippen LogP contribution in [0.1, 0.15) is 25.0 Å². The number of aryl methyl sites for hydroxylation is 1. The Hall–Kier alpha value is -3.50. The molecule has 36 heavy (non-hydrogen) atoms. The monoisotopic (exact) mass is 532 g/mol. The molecule has 11 heteroatoms. The number of thioether (sulfide) groups is 1. The van der Waals surface area contributed by atoms with Gasteiger partial charge in [0, 0.05) is 10.7 Å². The number of amides is 3. The summed E-state index contributed by atoms with van der Waals surface area (Å²) in [7, 11) is 1.44. The van der Waals surface area contributed by atoms with Crippen molar-refractivity contribution in [2.45, 2.75) is 26.9 Å². The van der Waals surface area contributed by atoms with Crippen LogP contribution in [0.4, 0.5) is 10.5 Å². The van der Waals surface area contributed by atoms with Crippen molar-refractivity contribution in [3.63, 3.8) is 0 Å². The highest BCUT2D eigenvalue weighted by molar-refractivity contribution is 8.18. The molecule has 1 N–H and O–H groups in total. The largest absolute Gasteiger partial charge is 0.493 e. The first-order chi connectivity index (χ1) is 17.1. The van der Waals surface area contributed by atoms with Crippen molar-refractivity contribution in [2.24, 2.45) is 0 Å². The van der Waals surface area contributed by atoms with Crippen LogP contribution in [0.15, 0.2) is 41.3 Å². The van der Waals surface area contributed by atoms with Crippen LogP contribution in [0.5, 0.6) is 11.5 Å². The molecule has 0 saturated carbocycles. The van der Waals surface area contributed by atoms with Crippen molar-refractivity contribution < 1.29 is 33.4 Å². The maximum absolute atomic E-state index is 12.8. The summed E-state index contributed by atoms with van der Waals surface area (Å²) in [6.07, 6.45) is 1.26. The summed E-state index contributed by atoms with van der Waals surface area (Å²) >= 11 is 6.80. The molecular weight excluding hydrogens is 508 g/mol. The topological polar surface area (TPSA) is 111 Å². The standard InChI is InChI=1S/C25H25ClN2O7S/c1-14(2)35-23(30)13-34-19-8-6-16(9-20(19)33-4)10-21-24(31)28(25(32)36-21)12-22(29)27-17-7-5-15(3)18(26)11-17/h5-11,14H,12-13H2,1-4H3,(H,27,29)/b21-10-. The first kappa shape index (κ1) is 27.1. The van der Waals surface area contributed by atoms with Crippen LogP contribution in [0.3, 0.4) is 0 Å². The molecule has 0 radical (unpaired) electrons. The highest BCUT2D eigenvalue weighted by atomic mass is 35.5. The van der Waals surface area contributed by atoms with E-state index in [0.717, 1.165) is 22.2 Å². The van der Waals surface area contributed by atoms with E-state index in [1.807, 2.05) is 6.92 Å². The van der Waals surface area contributed by atoms with Gasteiger partial charge in [0.1, 0.15) is 6.54 Å². The molecule has 0 unspecified atom stereocenters. The van der Waals surface area contributed by atoms with Gasteiger partial charge in [0.15, 0.2) is 18.1 Å². The van der Waals surface area contributed by atoms with Crippen molar-refractivity contribution in [3.05, 3.63) is 57.5 Å². The Morgan fingerprint density at radius 1 is 1.14 bits per heavy atom. The number of imide groups is 1. The van der Waals surface area contributed by atoms with Crippen LogP contribution < -0.4 is 14.8 Å². The summed E-state index contributed by atoms with van der Waals surface area (Å²) in [4.78, 5) is 50.4. The molecule has 0 atom stereocenters. The third kappa shape index (κ3) is 7.02. The Kier molecular flexibility index (Phi) is 9.00. The summed E-state index contributed by atoms with van der Waals surface area (Å²) in [6.45, 7) is 4.59. The van der Waals surface area contributed by atoms with Crippen molar-refractivity contribution >= 4 is 58.1 Å². The van der Waals surface area contributed by atoms with Gasteiger partial charge in [0.05, 0.1) is 18.1 Å². The zero-order valence-corrected chi connectivity index (χ0v) is 21.7. The Bertz CT molecular complexity index is 1230. The first-order valence-electron chi connectivity index (χ1n) is 10.9. The van der Waals surface area contributed by atoms with Crippen LogP contribution in [-0.2, 0) is 19.1 Å².